The summed E-state index contributed by atoms with van der Waals surface area (Å²) in [6.07, 6.45) is 0.244. The monoisotopic (exact) mass is 239 g/mol. The Bertz CT molecular complexity index is 399. The van der Waals surface area contributed by atoms with Gasteiger partial charge in [0, 0.05) is 25.1 Å². The van der Waals surface area contributed by atoms with Gasteiger partial charge in [0.25, 0.3) is 5.91 Å². The molecule has 0 unspecified atom stereocenters. The summed E-state index contributed by atoms with van der Waals surface area (Å²) in [5.74, 6) is -0.163. The molecule has 0 aliphatic carbocycles. The zero-order valence-corrected chi connectivity index (χ0v) is 9.91. The molecule has 7 heteroatoms. The van der Waals surface area contributed by atoms with E-state index in [-0.39, 0.29) is 42.3 Å². The Balaban J connectivity index is 2.27. The Labute approximate surface area is 99.1 Å². The number of nitrogens with zero attached hydrogens (tertiary/aromatic N) is 1. The van der Waals surface area contributed by atoms with Gasteiger partial charge in [0.05, 0.1) is 0 Å². The second kappa shape index (κ2) is 5.88. The van der Waals surface area contributed by atoms with E-state index >= 15 is 0 Å². The van der Waals surface area contributed by atoms with Crippen LogP contribution >= 0.6 is 0 Å². The molecule has 0 fully saturated rings. The molecule has 0 aromatic carbocycles. The standard InChI is InChI=1S/C10H17N5O2/c1-6(2)13-9(16)3-4-12-10(17)7-5-8(11)15-14-7/h5-6H,3-4H2,1-2H3,(H,12,17)(H,13,16)(H3,11,14,15). The minimum atomic E-state index is -0.327. The molecule has 0 aliphatic heterocycles. The predicted molar refractivity (Wildman–Crippen MR) is 63.2 cm³/mol. The number of hydrogen-bond acceptors (Lipinski definition) is 4. The first-order valence-electron chi connectivity index (χ1n) is 5.37. The molecule has 1 aromatic heterocycles. The predicted octanol–water partition coefficient (Wildman–Crippen LogP) is -0.364. The van der Waals surface area contributed by atoms with Gasteiger partial charge in [0.1, 0.15) is 11.5 Å². The van der Waals surface area contributed by atoms with Crippen LogP contribution in [0.1, 0.15) is 30.8 Å². The van der Waals surface area contributed by atoms with Gasteiger partial charge < -0.3 is 16.4 Å². The van der Waals surface area contributed by atoms with Crippen LogP contribution in [-0.4, -0.2) is 34.6 Å². The first kappa shape index (κ1) is 13.0. The molecule has 0 atom stereocenters. The first-order valence-corrected chi connectivity index (χ1v) is 5.37. The van der Waals surface area contributed by atoms with Crippen molar-refractivity contribution in [3.63, 3.8) is 0 Å². The smallest absolute Gasteiger partial charge is 0.269 e. The highest BCUT2D eigenvalue weighted by molar-refractivity contribution is 5.93. The van der Waals surface area contributed by atoms with Gasteiger partial charge in [0.15, 0.2) is 0 Å². The Morgan fingerprint density at radius 1 is 1.53 bits per heavy atom. The number of carbonyl (C=O) groups is 2. The normalized spacial score (nSPS) is 10.3. The van der Waals surface area contributed by atoms with Crippen molar-refractivity contribution >= 4 is 17.6 Å². The number of rotatable bonds is 5. The third kappa shape index (κ3) is 4.54. The topological polar surface area (TPSA) is 113 Å². The van der Waals surface area contributed by atoms with Crippen molar-refractivity contribution in [1.82, 2.24) is 20.8 Å². The second-order valence-corrected chi connectivity index (χ2v) is 3.93. The molecule has 7 nitrogen and oxygen atoms in total. The number of nitrogens with one attached hydrogen (secondary N) is 3. The van der Waals surface area contributed by atoms with Crippen LogP contribution in [0.3, 0.4) is 0 Å². The molecule has 0 aliphatic rings. The zero-order chi connectivity index (χ0) is 12.8. The zero-order valence-electron chi connectivity index (χ0n) is 9.91. The van der Waals surface area contributed by atoms with Crippen LogP contribution in [0.15, 0.2) is 6.07 Å². The molecule has 17 heavy (non-hydrogen) atoms. The summed E-state index contributed by atoms with van der Waals surface area (Å²) in [4.78, 5) is 22.8. The summed E-state index contributed by atoms with van der Waals surface area (Å²) >= 11 is 0. The van der Waals surface area contributed by atoms with Gasteiger partial charge in [-0.05, 0) is 13.8 Å². The second-order valence-electron chi connectivity index (χ2n) is 3.93. The number of amides is 2. The third-order valence-corrected chi connectivity index (χ3v) is 1.93. The van der Waals surface area contributed by atoms with E-state index in [1.54, 1.807) is 0 Å². The number of hydrogen-bond donors (Lipinski definition) is 4. The van der Waals surface area contributed by atoms with Gasteiger partial charge in [-0.15, -0.1) is 0 Å². The minimum absolute atomic E-state index is 0.0931. The molecule has 1 heterocycles. The van der Waals surface area contributed by atoms with Crippen molar-refractivity contribution in [3.8, 4) is 0 Å². The Morgan fingerprint density at radius 2 is 2.24 bits per heavy atom. The maximum Gasteiger partial charge on any atom is 0.269 e. The molecule has 0 bridgehead atoms. The van der Waals surface area contributed by atoms with Crippen molar-refractivity contribution < 1.29 is 9.59 Å². The third-order valence-electron chi connectivity index (χ3n) is 1.93. The minimum Gasteiger partial charge on any atom is -0.382 e. The van der Waals surface area contributed by atoms with E-state index in [1.807, 2.05) is 13.8 Å². The van der Waals surface area contributed by atoms with Crippen LogP contribution in [0.5, 0.6) is 0 Å². The van der Waals surface area contributed by atoms with E-state index in [2.05, 4.69) is 20.8 Å². The van der Waals surface area contributed by atoms with E-state index in [0.29, 0.717) is 0 Å². The number of nitrogen functional groups attached to an aromatic ring is 1. The quantitative estimate of drug-likeness (QED) is 0.561. The molecule has 0 saturated heterocycles. The van der Waals surface area contributed by atoms with E-state index in [1.165, 1.54) is 6.07 Å². The van der Waals surface area contributed by atoms with Crippen LogP contribution in [0.25, 0.3) is 0 Å². The molecule has 1 aromatic rings. The van der Waals surface area contributed by atoms with Crippen molar-refractivity contribution in [2.45, 2.75) is 26.3 Å². The average Bonchev–Trinajstić information content (AvgIpc) is 2.63. The number of aromatic amines is 1. The number of nitrogens with two attached hydrogens (primary N) is 1. The van der Waals surface area contributed by atoms with E-state index in [4.69, 9.17) is 5.73 Å². The Morgan fingerprint density at radius 3 is 2.76 bits per heavy atom. The number of carbonyl (C=O) groups excluding carboxylic acids is 2. The Kier molecular flexibility index (Phi) is 4.50. The molecular formula is C10H17N5O2. The lowest BCUT2D eigenvalue weighted by atomic mass is 10.3. The maximum absolute atomic E-state index is 11.5. The van der Waals surface area contributed by atoms with Crippen LogP contribution in [-0.2, 0) is 4.79 Å². The summed E-state index contributed by atoms with van der Waals surface area (Å²) in [5.41, 5.74) is 5.65. The summed E-state index contributed by atoms with van der Waals surface area (Å²) in [7, 11) is 0. The van der Waals surface area contributed by atoms with Gasteiger partial charge in [-0.2, -0.15) is 5.10 Å². The van der Waals surface area contributed by atoms with Crippen LogP contribution in [0, 0.1) is 0 Å². The van der Waals surface area contributed by atoms with E-state index in [9.17, 15) is 9.59 Å². The van der Waals surface area contributed by atoms with Crippen molar-refractivity contribution in [3.05, 3.63) is 11.8 Å². The SMILES string of the molecule is CC(C)NC(=O)CCNC(=O)c1cc(N)n[nH]1. The lowest BCUT2D eigenvalue weighted by Gasteiger charge is -2.08. The number of anilines is 1. The molecule has 0 radical (unpaired) electrons. The summed E-state index contributed by atoms with van der Waals surface area (Å²) in [6, 6.07) is 1.54. The van der Waals surface area contributed by atoms with Gasteiger partial charge in [0.2, 0.25) is 5.91 Å². The van der Waals surface area contributed by atoms with Crippen LogP contribution in [0.4, 0.5) is 5.82 Å². The maximum atomic E-state index is 11.5. The Hall–Kier alpha value is -2.05. The summed E-state index contributed by atoms with van der Waals surface area (Å²) in [6.45, 7) is 4.03. The van der Waals surface area contributed by atoms with Crippen LogP contribution < -0.4 is 16.4 Å². The van der Waals surface area contributed by atoms with Crippen molar-refractivity contribution in [2.75, 3.05) is 12.3 Å². The fourth-order valence-corrected chi connectivity index (χ4v) is 1.23. The molecule has 2 amide bonds. The van der Waals surface area contributed by atoms with E-state index in [0.717, 1.165) is 0 Å². The fraction of sp³-hybridized carbons (Fsp3) is 0.500. The van der Waals surface area contributed by atoms with Gasteiger partial charge in [-0.25, -0.2) is 0 Å². The first-order chi connectivity index (χ1) is 7.99. The lowest BCUT2D eigenvalue weighted by Crippen LogP contribution is -2.34. The highest BCUT2D eigenvalue weighted by Crippen LogP contribution is 1.99. The molecular weight excluding hydrogens is 222 g/mol. The van der Waals surface area contributed by atoms with Gasteiger partial charge in [-0.3, -0.25) is 14.7 Å². The largest absolute Gasteiger partial charge is 0.382 e. The van der Waals surface area contributed by atoms with Gasteiger partial charge >= 0.3 is 0 Å². The highest BCUT2D eigenvalue weighted by atomic mass is 16.2. The van der Waals surface area contributed by atoms with Crippen LogP contribution in [0.2, 0.25) is 0 Å². The molecule has 5 N–H and O–H groups in total. The van der Waals surface area contributed by atoms with E-state index < -0.39 is 0 Å². The lowest BCUT2D eigenvalue weighted by molar-refractivity contribution is -0.121. The summed E-state index contributed by atoms with van der Waals surface area (Å²) < 4.78 is 0. The molecule has 94 valence electrons. The van der Waals surface area contributed by atoms with Gasteiger partial charge in [-0.1, -0.05) is 0 Å². The molecule has 0 saturated carbocycles. The highest BCUT2D eigenvalue weighted by Gasteiger charge is 2.09. The van der Waals surface area contributed by atoms with Crippen molar-refractivity contribution in [1.29, 1.82) is 0 Å². The molecule has 0 spiro atoms. The molecule has 1 rings (SSSR count). The average molecular weight is 239 g/mol. The fourth-order valence-electron chi connectivity index (χ4n) is 1.23. The summed E-state index contributed by atoms with van der Waals surface area (Å²) in [5, 5.41) is 11.4. The number of H-pyrrole nitrogens is 1. The van der Waals surface area contributed by atoms with Crippen molar-refractivity contribution in [2.24, 2.45) is 0 Å². The number of aromatic nitrogens is 2.